The number of nitrogens with zero attached hydrogens (tertiary/aromatic N) is 6. The molecule has 3 heterocycles. The van der Waals surface area contributed by atoms with Crippen molar-refractivity contribution in [1.29, 1.82) is 0 Å². The first-order chi connectivity index (χ1) is 16.0. The lowest BCUT2D eigenvalue weighted by Gasteiger charge is -2.32. The zero-order valence-electron chi connectivity index (χ0n) is 18.7. The van der Waals surface area contributed by atoms with Crippen molar-refractivity contribution in [3.05, 3.63) is 83.6 Å². The Balaban J connectivity index is 1.50. The molecule has 0 bridgehead atoms. The molecule has 0 saturated carbocycles. The molecule has 4 aromatic rings. The summed E-state index contributed by atoms with van der Waals surface area (Å²) >= 11 is 0. The number of rotatable bonds is 5. The maximum absolute atomic E-state index is 14.5. The lowest BCUT2D eigenvalue weighted by molar-refractivity contribution is 0.195. The van der Waals surface area contributed by atoms with Gasteiger partial charge >= 0.3 is 0 Å². The maximum atomic E-state index is 14.5. The molecule has 1 fully saturated rings. The lowest BCUT2D eigenvalue weighted by atomic mass is 9.96. The fourth-order valence-electron chi connectivity index (χ4n) is 4.69. The van der Waals surface area contributed by atoms with Crippen LogP contribution in [-0.4, -0.2) is 42.5 Å². The van der Waals surface area contributed by atoms with Gasteiger partial charge in [-0.15, -0.1) is 10.2 Å². The Kier molecular flexibility index (Phi) is 5.76. The van der Waals surface area contributed by atoms with E-state index in [-0.39, 0.29) is 5.69 Å². The first-order valence-electron chi connectivity index (χ1n) is 11.2. The van der Waals surface area contributed by atoms with Crippen LogP contribution in [0.25, 0.3) is 16.9 Å². The van der Waals surface area contributed by atoms with Gasteiger partial charge < -0.3 is 4.57 Å². The molecule has 1 aliphatic rings. The molecule has 33 heavy (non-hydrogen) atoms. The van der Waals surface area contributed by atoms with E-state index >= 15 is 0 Å². The summed E-state index contributed by atoms with van der Waals surface area (Å²) in [5, 5.41) is 13.1. The second kappa shape index (κ2) is 8.86. The molecule has 1 aliphatic heterocycles. The van der Waals surface area contributed by atoms with E-state index in [1.807, 2.05) is 49.0 Å². The van der Waals surface area contributed by atoms with Gasteiger partial charge in [0.15, 0.2) is 5.82 Å². The molecule has 2 aromatic heterocycles. The predicted molar refractivity (Wildman–Crippen MR) is 122 cm³/mol. The molecule has 0 spiro atoms. The Labute approximate surface area is 191 Å². The standard InChI is InChI=1S/C25H26F2N6/c1-17-6-3-4-8-21(17)24-19(15-33(30-24)23-10-9-20(26)12-22(23)27)14-32-11-5-7-18(13-32)25-29-28-16-31(25)2/h3-4,6,8-10,12,15-16,18H,5,7,11,13-14H2,1-2H3. The number of halogens is 2. The van der Waals surface area contributed by atoms with Crippen LogP contribution >= 0.6 is 0 Å². The number of aryl methyl sites for hydroxylation is 2. The van der Waals surface area contributed by atoms with Crippen LogP contribution in [0, 0.1) is 18.6 Å². The number of likely N-dealkylation sites (tertiary alicyclic amines) is 1. The van der Waals surface area contributed by atoms with Crippen molar-refractivity contribution in [1.82, 2.24) is 29.4 Å². The molecule has 0 amide bonds. The third-order valence-corrected chi connectivity index (χ3v) is 6.36. The first kappa shape index (κ1) is 21.5. The van der Waals surface area contributed by atoms with Crippen LogP contribution in [0.3, 0.4) is 0 Å². The van der Waals surface area contributed by atoms with Gasteiger partial charge in [-0.25, -0.2) is 13.5 Å². The van der Waals surface area contributed by atoms with Crippen molar-refractivity contribution in [2.24, 2.45) is 7.05 Å². The van der Waals surface area contributed by atoms with Crippen molar-refractivity contribution in [3.63, 3.8) is 0 Å². The minimum absolute atomic E-state index is 0.230. The van der Waals surface area contributed by atoms with Crippen molar-refractivity contribution in [2.45, 2.75) is 32.2 Å². The maximum Gasteiger partial charge on any atom is 0.151 e. The lowest BCUT2D eigenvalue weighted by Crippen LogP contribution is -2.34. The van der Waals surface area contributed by atoms with E-state index in [1.165, 1.54) is 16.8 Å². The monoisotopic (exact) mass is 448 g/mol. The molecular formula is C25H26F2N6. The van der Waals surface area contributed by atoms with Crippen LogP contribution in [0.1, 0.15) is 35.7 Å². The first-order valence-corrected chi connectivity index (χ1v) is 11.2. The number of hydrogen-bond donors (Lipinski definition) is 0. The van der Waals surface area contributed by atoms with Gasteiger partial charge in [0.25, 0.3) is 0 Å². The van der Waals surface area contributed by atoms with Crippen LogP contribution in [0.2, 0.25) is 0 Å². The van der Waals surface area contributed by atoms with E-state index in [4.69, 9.17) is 5.10 Å². The van der Waals surface area contributed by atoms with E-state index in [0.29, 0.717) is 12.5 Å². The molecule has 0 N–H and O–H groups in total. The van der Waals surface area contributed by atoms with E-state index in [0.717, 1.165) is 60.2 Å². The van der Waals surface area contributed by atoms with Gasteiger partial charge in [0.1, 0.15) is 23.7 Å². The number of piperidine rings is 1. The van der Waals surface area contributed by atoms with E-state index in [1.54, 1.807) is 6.33 Å². The van der Waals surface area contributed by atoms with E-state index in [9.17, 15) is 8.78 Å². The minimum atomic E-state index is -0.638. The number of hydrogen-bond acceptors (Lipinski definition) is 4. The molecule has 6 nitrogen and oxygen atoms in total. The Morgan fingerprint density at radius 1 is 1.12 bits per heavy atom. The molecule has 0 aliphatic carbocycles. The molecular weight excluding hydrogens is 422 g/mol. The molecule has 170 valence electrons. The predicted octanol–water partition coefficient (Wildman–Crippen LogP) is 4.63. The molecule has 2 aromatic carbocycles. The van der Waals surface area contributed by atoms with Crippen LogP contribution in [0.4, 0.5) is 8.78 Å². The Hall–Kier alpha value is -3.39. The summed E-state index contributed by atoms with van der Waals surface area (Å²) in [7, 11) is 1.98. The fraction of sp³-hybridized carbons (Fsp3) is 0.320. The van der Waals surface area contributed by atoms with Gasteiger partial charge in [-0.3, -0.25) is 4.90 Å². The van der Waals surface area contributed by atoms with Crippen molar-refractivity contribution < 1.29 is 8.78 Å². The van der Waals surface area contributed by atoms with Crippen molar-refractivity contribution in [2.75, 3.05) is 13.1 Å². The summed E-state index contributed by atoms with van der Waals surface area (Å²) < 4.78 is 31.5. The van der Waals surface area contributed by atoms with Crippen LogP contribution in [0.5, 0.6) is 0 Å². The Bertz CT molecular complexity index is 1280. The largest absolute Gasteiger partial charge is 0.320 e. The summed E-state index contributed by atoms with van der Waals surface area (Å²) in [5.74, 6) is 0.0762. The van der Waals surface area contributed by atoms with Gasteiger partial charge in [0.2, 0.25) is 0 Å². The topological polar surface area (TPSA) is 51.8 Å². The van der Waals surface area contributed by atoms with Crippen LogP contribution in [0.15, 0.2) is 55.0 Å². The minimum Gasteiger partial charge on any atom is -0.320 e. The molecule has 1 atom stereocenters. The zero-order chi connectivity index (χ0) is 22.9. The highest BCUT2D eigenvalue weighted by Crippen LogP contribution is 2.31. The molecule has 0 radical (unpaired) electrons. The average molecular weight is 449 g/mol. The smallest absolute Gasteiger partial charge is 0.151 e. The highest BCUT2D eigenvalue weighted by molar-refractivity contribution is 5.67. The molecule has 5 rings (SSSR count). The SMILES string of the molecule is Cc1ccccc1-c1nn(-c2ccc(F)cc2F)cc1CN1CCCC(c2nncn2C)C1. The van der Waals surface area contributed by atoms with Crippen molar-refractivity contribution >= 4 is 0 Å². The summed E-state index contributed by atoms with van der Waals surface area (Å²) in [6.45, 7) is 4.57. The third-order valence-electron chi connectivity index (χ3n) is 6.36. The van der Waals surface area contributed by atoms with Gasteiger partial charge in [-0.1, -0.05) is 24.3 Å². The fourth-order valence-corrected chi connectivity index (χ4v) is 4.69. The average Bonchev–Trinajstić information content (AvgIpc) is 3.40. The van der Waals surface area contributed by atoms with E-state index in [2.05, 4.69) is 15.1 Å². The van der Waals surface area contributed by atoms with Crippen LogP contribution in [-0.2, 0) is 13.6 Å². The normalized spacial score (nSPS) is 16.9. The second-order valence-corrected chi connectivity index (χ2v) is 8.73. The summed E-state index contributed by atoms with van der Waals surface area (Å²) in [4.78, 5) is 2.40. The summed E-state index contributed by atoms with van der Waals surface area (Å²) in [6, 6.07) is 11.6. The second-order valence-electron chi connectivity index (χ2n) is 8.73. The summed E-state index contributed by atoms with van der Waals surface area (Å²) in [5.41, 5.74) is 4.16. The van der Waals surface area contributed by atoms with Gasteiger partial charge in [0.05, 0.1) is 5.69 Å². The Morgan fingerprint density at radius 2 is 1.97 bits per heavy atom. The highest BCUT2D eigenvalue weighted by atomic mass is 19.1. The third kappa shape index (κ3) is 4.30. The molecule has 1 unspecified atom stereocenters. The van der Waals surface area contributed by atoms with Gasteiger partial charge in [0, 0.05) is 49.4 Å². The number of benzene rings is 2. The Morgan fingerprint density at radius 3 is 2.73 bits per heavy atom. The quantitative estimate of drug-likeness (QED) is 0.447. The van der Waals surface area contributed by atoms with E-state index < -0.39 is 11.6 Å². The highest BCUT2D eigenvalue weighted by Gasteiger charge is 2.26. The van der Waals surface area contributed by atoms with Crippen molar-refractivity contribution in [3.8, 4) is 16.9 Å². The van der Waals surface area contributed by atoms with Gasteiger partial charge in [-0.2, -0.15) is 5.10 Å². The van der Waals surface area contributed by atoms with Gasteiger partial charge in [-0.05, 0) is 44.0 Å². The zero-order valence-corrected chi connectivity index (χ0v) is 18.7. The van der Waals surface area contributed by atoms with Crippen LogP contribution < -0.4 is 0 Å². The molecule has 8 heteroatoms. The summed E-state index contributed by atoms with van der Waals surface area (Å²) in [6.07, 6.45) is 5.75. The molecule has 1 saturated heterocycles. The number of aromatic nitrogens is 5.